The molecule has 33 heavy (non-hydrogen) atoms. The molecule has 0 bridgehead atoms. The number of amides is 1. The molecule has 0 unspecified atom stereocenters. The Morgan fingerprint density at radius 3 is 2.30 bits per heavy atom. The minimum Gasteiger partial charge on any atom is -0.494 e. The quantitative estimate of drug-likeness (QED) is 0.361. The van der Waals surface area contributed by atoms with Gasteiger partial charge in [-0.25, -0.2) is 0 Å². The SMILES string of the molecule is CCOc1ccc(C(=O)c2oc3ccccc3c2NC(=O)COc2ccccc2OC)cc1. The lowest BCUT2D eigenvalue weighted by Gasteiger charge is -2.11. The Hall–Kier alpha value is -4.26. The van der Waals surface area contributed by atoms with Crippen molar-refractivity contribution < 1.29 is 28.2 Å². The predicted molar refractivity (Wildman–Crippen MR) is 124 cm³/mol. The smallest absolute Gasteiger partial charge is 0.262 e. The van der Waals surface area contributed by atoms with E-state index >= 15 is 0 Å². The van der Waals surface area contributed by atoms with Crippen LogP contribution in [0.1, 0.15) is 23.0 Å². The summed E-state index contributed by atoms with van der Waals surface area (Å²) < 4.78 is 22.1. The van der Waals surface area contributed by atoms with E-state index < -0.39 is 5.91 Å². The van der Waals surface area contributed by atoms with Crippen molar-refractivity contribution in [3.8, 4) is 17.2 Å². The van der Waals surface area contributed by atoms with Crippen molar-refractivity contribution in [1.82, 2.24) is 0 Å². The second kappa shape index (κ2) is 9.91. The molecule has 0 spiro atoms. The minimum atomic E-state index is -0.437. The van der Waals surface area contributed by atoms with Gasteiger partial charge in [-0.2, -0.15) is 0 Å². The molecule has 168 valence electrons. The van der Waals surface area contributed by atoms with Crippen LogP contribution in [0.3, 0.4) is 0 Å². The highest BCUT2D eigenvalue weighted by atomic mass is 16.5. The summed E-state index contributed by atoms with van der Waals surface area (Å²) in [6.45, 7) is 2.15. The first-order valence-electron chi connectivity index (χ1n) is 10.5. The van der Waals surface area contributed by atoms with Crippen LogP contribution in [0.25, 0.3) is 11.0 Å². The zero-order chi connectivity index (χ0) is 23.2. The summed E-state index contributed by atoms with van der Waals surface area (Å²) in [5.41, 5.74) is 1.21. The van der Waals surface area contributed by atoms with Crippen LogP contribution >= 0.6 is 0 Å². The normalized spacial score (nSPS) is 10.6. The van der Waals surface area contributed by atoms with Gasteiger partial charge in [0.05, 0.1) is 19.4 Å². The van der Waals surface area contributed by atoms with E-state index in [1.165, 1.54) is 7.11 Å². The van der Waals surface area contributed by atoms with E-state index in [1.54, 1.807) is 60.7 Å². The highest BCUT2D eigenvalue weighted by Gasteiger charge is 2.23. The second-order valence-corrected chi connectivity index (χ2v) is 7.08. The fraction of sp³-hybridized carbons (Fsp3) is 0.154. The summed E-state index contributed by atoms with van der Waals surface area (Å²) in [5.74, 6) is 0.887. The third-order valence-electron chi connectivity index (χ3n) is 4.92. The molecule has 4 rings (SSSR count). The van der Waals surface area contributed by atoms with Gasteiger partial charge in [-0.15, -0.1) is 0 Å². The molecule has 0 aliphatic heterocycles. The van der Waals surface area contributed by atoms with E-state index in [0.717, 1.165) is 0 Å². The van der Waals surface area contributed by atoms with Gasteiger partial charge in [-0.1, -0.05) is 24.3 Å². The van der Waals surface area contributed by atoms with E-state index in [9.17, 15) is 9.59 Å². The zero-order valence-corrected chi connectivity index (χ0v) is 18.3. The Bertz CT molecular complexity index is 1280. The van der Waals surface area contributed by atoms with E-state index in [1.807, 2.05) is 19.1 Å². The Kier molecular flexibility index (Phi) is 6.59. The molecule has 0 saturated heterocycles. The second-order valence-electron chi connectivity index (χ2n) is 7.08. The van der Waals surface area contributed by atoms with Gasteiger partial charge >= 0.3 is 0 Å². The number of carbonyl (C=O) groups excluding carboxylic acids is 2. The van der Waals surface area contributed by atoms with Gasteiger partial charge in [0.25, 0.3) is 5.91 Å². The number of ether oxygens (including phenoxy) is 3. The van der Waals surface area contributed by atoms with Crippen LogP contribution < -0.4 is 19.5 Å². The molecular weight excluding hydrogens is 422 g/mol. The highest BCUT2D eigenvalue weighted by molar-refractivity contribution is 6.17. The molecule has 7 nitrogen and oxygen atoms in total. The first-order valence-corrected chi connectivity index (χ1v) is 10.5. The van der Waals surface area contributed by atoms with Crippen molar-refractivity contribution in [1.29, 1.82) is 0 Å². The summed E-state index contributed by atoms with van der Waals surface area (Å²) in [5, 5.41) is 3.40. The Balaban J connectivity index is 1.58. The lowest BCUT2D eigenvalue weighted by Crippen LogP contribution is -2.21. The topological polar surface area (TPSA) is 87.0 Å². The molecule has 3 aromatic carbocycles. The summed E-state index contributed by atoms with van der Waals surface area (Å²) in [6, 6.07) is 20.9. The van der Waals surface area contributed by atoms with Crippen LogP contribution in [0.2, 0.25) is 0 Å². The van der Waals surface area contributed by atoms with Gasteiger partial charge in [0.2, 0.25) is 5.78 Å². The third kappa shape index (κ3) is 4.82. The predicted octanol–water partition coefficient (Wildman–Crippen LogP) is 5.09. The van der Waals surface area contributed by atoms with Crippen LogP contribution in [-0.4, -0.2) is 32.0 Å². The number of anilines is 1. The number of carbonyl (C=O) groups is 2. The summed E-state index contributed by atoms with van der Waals surface area (Å²) in [4.78, 5) is 25.9. The summed E-state index contributed by atoms with van der Waals surface area (Å²) >= 11 is 0. The molecule has 1 N–H and O–H groups in total. The molecule has 1 heterocycles. The highest BCUT2D eigenvalue weighted by Crippen LogP contribution is 2.33. The molecule has 0 radical (unpaired) electrons. The van der Waals surface area contributed by atoms with Crippen LogP contribution in [0.15, 0.2) is 77.2 Å². The molecule has 0 atom stereocenters. The van der Waals surface area contributed by atoms with Gasteiger partial charge in [-0.3, -0.25) is 9.59 Å². The average Bonchev–Trinajstić information content (AvgIpc) is 3.21. The van der Waals surface area contributed by atoms with Crippen LogP contribution in [0.4, 0.5) is 5.69 Å². The molecule has 1 aromatic heterocycles. The molecule has 0 fully saturated rings. The largest absolute Gasteiger partial charge is 0.494 e. The number of rotatable bonds is 9. The van der Waals surface area contributed by atoms with Crippen molar-refractivity contribution in [2.75, 3.05) is 25.6 Å². The molecule has 0 saturated carbocycles. The van der Waals surface area contributed by atoms with Crippen molar-refractivity contribution >= 4 is 28.3 Å². The number of nitrogens with one attached hydrogen (secondary N) is 1. The maximum Gasteiger partial charge on any atom is 0.262 e. The number of hydrogen-bond acceptors (Lipinski definition) is 6. The van der Waals surface area contributed by atoms with Gasteiger partial charge in [0, 0.05) is 10.9 Å². The molecule has 1 amide bonds. The van der Waals surface area contributed by atoms with E-state index in [2.05, 4.69) is 5.32 Å². The van der Waals surface area contributed by atoms with Gasteiger partial charge in [0.15, 0.2) is 23.9 Å². The number of para-hydroxylation sites is 3. The average molecular weight is 445 g/mol. The zero-order valence-electron chi connectivity index (χ0n) is 18.3. The standard InChI is InChI=1S/C26H23NO6/c1-3-31-18-14-12-17(13-15-18)25(29)26-24(19-8-4-5-9-20(19)33-26)27-23(28)16-32-22-11-7-6-10-21(22)30-2/h4-15H,3,16H2,1-2H3,(H,27,28). The number of methoxy groups -OCH3 is 1. The maximum atomic E-state index is 13.2. The molecule has 4 aromatic rings. The molecule has 7 heteroatoms. The van der Waals surface area contributed by atoms with E-state index in [-0.39, 0.29) is 18.2 Å². The van der Waals surface area contributed by atoms with Crippen molar-refractivity contribution in [2.45, 2.75) is 6.92 Å². The Morgan fingerprint density at radius 1 is 0.879 bits per heavy atom. The lowest BCUT2D eigenvalue weighted by molar-refractivity contribution is -0.118. The van der Waals surface area contributed by atoms with E-state index in [0.29, 0.717) is 46.1 Å². The van der Waals surface area contributed by atoms with Crippen LogP contribution in [0, 0.1) is 0 Å². The fourth-order valence-electron chi connectivity index (χ4n) is 3.39. The van der Waals surface area contributed by atoms with Crippen molar-refractivity contribution in [2.24, 2.45) is 0 Å². The van der Waals surface area contributed by atoms with Crippen LogP contribution in [0.5, 0.6) is 17.2 Å². The fourth-order valence-corrected chi connectivity index (χ4v) is 3.39. The van der Waals surface area contributed by atoms with Crippen molar-refractivity contribution in [3.05, 3.63) is 84.1 Å². The van der Waals surface area contributed by atoms with Gasteiger partial charge < -0.3 is 23.9 Å². The molecular formula is C26H23NO6. The van der Waals surface area contributed by atoms with Gasteiger partial charge in [0.1, 0.15) is 11.3 Å². The van der Waals surface area contributed by atoms with E-state index in [4.69, 9.17) is 18.6 Å². The minimum absolute atomic E-state index is 0.0472. The molecule has 0 aliphatic rings. The monoisotopic (exact) mass is 445 g/mol. The maximum absolute atomic E-state index is 13.2. The third-order valence-corrected chi connectivity index (χ3v) is 4.92. The number of hydrogen-bond donors (Lipinski definition) is 1. The van der Waals surface area contributed by atoms with Gasteiger partial charge in [-0.05, 0) is 55.5 Å². The number of furan rings is 1. The number of fused-ring (bicyclic) bond motifs is 1. The first kappa shape index (κ1) is 22.0. The lowest BCUT2D eigenvalue weighted by atomic mass is 10.1. The number of benzene rings is 3. The summed E-state index contributed by atoms with van der Waals surface area (Å²) in [6.07, 6.45) is 0. The van der Waals surface area contributed by atoms with Crippen LogP contribution in [-0.2, 0) is 4.79 Å². The first-order chi connectivity index (χ1) is 16.1. The Morgan fingerprint density at radius 2 is 1.58 bits per heavy atom. The molecule has 0 aliphatic carbocycles. The summed E-state index contributed by atoms with van der Waals surface area (Å²) in [7, 11) is 1.53. The Labute approximate surface area is 190 Å². The number of ketones is 1. The van der Waals surface area contributed by atoms with Crippen molar-refractivity contribution in [3.63, 3.8) is 0 Å².